The van der Waals surface area contributed by atoms with E-state index in [4.69, 9.17) is 15.2 Å². The lowest BCUT2D eigenvalue weighted by Gasteiger charge is -2.33. The smallest absolute Gasteiger partial charge is 0.224 e. The minimum Gasteiger partial charge on any atom is -0.481 e. The highest BCUT2D eigenvalue weighted by Gasteiger charge is 2.35. The van der Waals surface area contributed by atoms with Crippen molar-refractivity contribution in [2.24, 2.45) is 5.73 Å². The number of hydrogen-bond donors (Lipinski definition) is 2. The third-order valence-corrected chi connectivity index (χ3v) is 4.46. The summed E-state index contributed by atoms with van der Waals surface area (Å²) in [5.41, 5.74) is 12.3. The van der Waals surface area contributed by atoms with Gasteiger partial charge in [-0.3, -0.25) is 5.01 Å². The number of nitrogens with zero attached hydrogens (tertiary/aromatic N) is 2. The Morgan fingerprint density at radius 1 is 1.16 bits per heavy atom. The van der Waals surface area contributed by atoms with Crippen molar-refractivity contribution in [2.75, 3.05) is 19.2 Å². The van der Waals surface area contributed by atoms with Crippen LogP contribution < -0.4 is 25.6 Å². The van der Waals surface area contributed by atoms with Gasteiger partial charge in [-0.2, -0.15) is 4.98 Å². The van der Waals surface area contributed by atoms with Crippen LogP contribution >= 0.6 is 0 Å². The molecular weight excluding hydrogens is 323 g/mol. The lowest BCUT2D eigenvalue weighted by molar-refractivity contribution is 0.365. The molecule has 1 aliphatic carbocycles. The number of fused-ring (bicyclic) bond motifs is 1. The van der Waals surface area contributed by atoms with Crippen molar-refractivity contribution in [3.05, 3.63) is 41.8 Å². The molecule has 0 spiro atoms. The number of aromatic nitrogens is 1. The van der Waals surface area contributed by atoms with E-state index in [1.54, 1.807) is 24.4 Å². The second-order valence-electron chi connectivity index (χ2n) is 6.06. The van der Waals surface area contributed by atoms with Crippen LogP contribution in [0.2, 0.25) is 0 Å². The molecule has 130 valence electrons. The van der Waals surface area contributed by atoms with Crippen LogP contribution in [0.15, 0.2) is 30.5 Å². The number of hydrazine groups is 1. The van der Waals surface area contributed by atoms with Crippen molar-refractivity contribution in [2.45, 2.75) is 18.9 Å². The fourth-order valence-corrected chi connectivity index (χ4v) is 3.09. The molecule has 1 aliphatic heterocycles. The van der Waals surface area contributed by atoms with Crippen LogP contribution in [0.4, 0.5) is 10.1 Å². The minimum atomic E-state index is -0.355. The van der Waals surface area contributed by atoms with Crippen molar-refractivity contribution >= 4 is 11.4 Å². The number of anilines is 1. The molecule has 0 radical (unpaired) electrons. The second kappa shape index (κ2) is 5.84. The molecule has 7 heteroatoms. The van der Waals surface area contributed by atoms with Gasteiger partial charge in [0.05, 0.1) is 31.6 Å². The highest BCUT2D eigenvalue weighted by Crippen LogP contribution is 2.45. The summed E-state index contributed by atoms with van der Waals surface area (Å²) in [6.45, 7) is 0. The van der Waals surface area contributed by atoms with Crippen molar-refractivity contribution in [3.63, 3.8) is 0 Å². The number of rotatable bonds is 4. The maximum Gasteiger partial charge on any atom is 0.224 e. The number of methoxy groups -OCH3 is 2. The molecule has 0 amide bonds. The third kappa shape index (κ3) is 2.52. The predicted molar refractivity (Wildman–Crippen MR) is 93.5 cm³/mol. The lowest BCUT2D eigenvalue weighted by Crippen LogP contribution is -2.40. The van der Waals surface area contributed by atoms with E-state index in [0.717, 1.165) is 18.4 Å². The van der Waals surface area contributed by atoms with Crippen LogP contribution in [-0.4, -0.2) is 25.2 Å². The lowest BCUT2D eigenvalue weighted by atomic mass is 9.97. The van der Waals surface area contributed by atoms with Gasteiger partial charge >= 0.3 is 0 Å². The summed E-state index contributed by atoms with van der Waals surface area (Å²) < 4.78 is 25.4. The van der Waals surface area contributed by atoms with Crippen molar-refractivity contribution in [3.8, 4) is 22.9 Å². The standard InChI is InChI=1S/C18H19FN4O2/c1-24-15-8-6-12(18(22-15)25-2)16-13(19)7-5-11-14(20)9-21-23(17(11)16)10-3-4-10/h5-10,21H,3-4,20H2,1-2H3. The molecule has 1 aromatic heterocycles. The fourth-order valence-electron chi connectivity index (χ4n) is 3.09. The number of hydrogen-bond acceptors (Lipinski definition) is 6. The van der Waals surface area contributed by atoms with Gasteiger partial charge in [-0.1, -0.05) is 0 Å². The molecule has 2 aliphatic rings. The van der Waals surface area contributed by atoms with Crippen molar-refractivity contribution < 1.29 is 13.9 Å². The van der Waals surface area contributed by atoms with Gasteiger partial charge in [-0.25, -0.2) is 4.39 Å². The summed E-state index contributed by atoms with van der Waals surface area (Å²) in [7, 11) is 3.03. The Hall–Kier alpha value is -2.96. The highest BCUT2D eigenvalue weighted by molar-refractivity contribution is 5.91. The monoisotopic (exact) mass is 342 g/mol. The summed E-state index contributed by atoms with van der Waals surface area (Å²) in [6, 6.07) is 6.89. The molecule has 0 bridgehead atoms. The van der Waals surface area contributed by atoms with Gasteiger partial charge in [0, 0.05) is 29.0 Å². The quantitative estimate of drug-likeness (QED) is 0.890. The topological polar surface area (TPSA) is 72.6 Å². The van der Waals surface area contributed by atoms with Gasteiger partial charge in [0.15, 0.2) is 0 Å². The summed E-state index contributed by atoms with van der Waals surface area (Å²) >= 11 is 0. The molecule has 2 aromatic rings. The molecule has 25 heavy (non-hydrogen) atoms. The summed E-state index contributed by atoms with van der Waals surface area (Å²) in [6.07, 6.45) is 3.84. The van der Waals surface area contributed by atoms with Crippen molar-refractivity contribution in [1.82, 2.24) is 10.4 Å². The molecule has 0 atom stereocenters. The zero-order valence-corrected chi connectivity index (χ0v) is 14.0. The van der Waals surface area contributed by atoms with E-state index in [9.17, 15) is 4.39 Å². The van der Waals surface area contributed by atoms with E-state index < -0.39 is 0 Å². The number of halogens is 1. The predicted octanol–water partition coefficient (Wildman–Crippen LogP) is 2.65. The molecule has 2 heterocycles. The molecule has 3 N–H and O–H groups in total. The van der Waals surface area contributed by atoms with E-state index in [0.29, 0.717) is 40.3 Å². The summed E-state index contributed by atoms with van der Waals surface area (Å²) in [5, 5.41) is 1.98. The van der Waals surface area contributed by atoms with E-state index >= 15 is 0 Å². The van der Waals surface area contributed by atoms with Crippen LogP contribution in [0.5, 0.6) is 11.8 Å². The minimum absolute atomic E-state index is 0.301. The highest BCUT2D eigenvalue weighted by atomic mass is 19.1. The van der Waals surface area contributed by atoms with Crippen LogP contribution in [0.25, 0.3) is 16.8 Å². The normalized spacial score (nSPS) is 16.0. The van der Waals surface area contributed by atoms with Crippen LogP contribution in [0.1, 0.15) is 18.4 Å². The van der Waals surface area contributed by atoms with Gasteiger partial charge in [-0.05, 0) is 31.0 Å². The number of nitrogens with two attached hydrogens (primary N) is 1. The van der Waals surface area contributed by atoms with Gasteiger partial charge < -0.3 is 20.6 Å². The Kier molecular flexibility index (Phi) is 3.63. The van der Waals surface area contributed by atoms with Crippen LogP contribution in [-0.2, 0) is 0 Å². The Balaban J connectivity index is 1.97. The Morgan fingerprint density at radius 2 is 1.92 bits per heavy atom. The first kappa shape index (κ1) is 15.6. The Morgan fingerprint density at radius 3 is 2.60 bits per heavy atom. The van der Waals surface area contributed by atoms with Gasteiger partial charge in [0.2, 0.25) is 11.8 Å². The van der Waals surface area contributed by atoms with E-state index in [2.05, 4.69) is 10.4 Å². The molecule has 1 fully saturated rings. The van der Waals surface area contributed by atoms with E-state index in [1.165, 1.54) is 20.3 Å². The average Bonchev–Trinajstić information content (AvgIpc) is 3.46. The molecule has 1 aromatic carbocycles. The molecule has 0 saturated heterocycles. The second-order valence-corrected chi connectivity index (χ2v) is 6.06. The first-order valence-corrected chi connectivity index (χ1v) is 8.07. The molecular formula is C18H19FN4O2. The van der Waals surface area contributed by atoms with Gasteiger partial charge in [0.25, 0.3) is 0 Å². The maximum absolute atomic E-state index is 14.9. The Labute approximate surface area is 145 Å². The molecule has 6 nitrogen and oxygen atoms in total. The van der Waals surface area contributed by atoms with Crippen LogP contribution in [0, 0.1) is 5.82 Å². The third-order valence-electron chi connectivity index (χ3n) is 4.46. The zero-order chi connectivity index (χ0) is 17.6. The molecule has 4 rings (SSSR count). The average molecular weight is 342 g/mol. The first-order valence-electron chi connectivity index (χ1n) is 8.07. The van der Waals surface area contributed by atoms with Gasteiger partial charge in [0.1, 0.15) is 5.82 Å². The maximum atomic E-state index is 14.9. The molecule has 0 unspecified atom stereocenters. The SMILES string of the molecule is COc1ccc(-c2c(F)ccc3c2N(C2CC2)NC=C3N)c(OC)n1. The summed E-state index contributed by atoms with van der Waals surface area (Å²) in [4.78, 5) is 4.28. The number of pyridine rings is 1. The van der Waals surface area contributed by atoms with Crippen LogP contribution in [0.3, 0.4) is 0 Å². The summed E-state index contributed by atoms with van der Waals surface area (Å²) in [5.74, 6) is 0.351. The number of nitrogens with one attached hydrogen (secondary N) is 1. The Bertz CT molecular complexity index is 864. The fraction of sp³-hybridized carbons (Fsp3) is 0.278. The van der Waals surface area contributed by atoms with Gasteiger partial charge in [-0.15, -0.1) is 0 Å². The first-order chi connectivity index (χ1) is 12.1. The van der Waals surface area contributed by atoms with E-state index in [-0.39, 0.29) is 5.82 Å². The number of ether oxygens (including phenoxy) is 2. The molecule has 1 saturated carbocycles. The zero-order valence-electron chi connectivity index (χ0n) is 14.0. The van der Waals surface area contributed by atoms with Crippen molar-refractivity contribution in [1.29, 1.82) is 0 Å². The largest absolute Gasteiger partial charge is 0.481 e. The van der Waals surface area contributed by atoms with E-state index in [1.807, 2.05) is 5.01 Å². The number of benzene rings is 1.